The van der Waals surface area contributed by atoms with Crippen LogP contribution in [0.4, 0.5) is 0 Å². The van der Waals surface area contributed by atoms with Gasteiger partial charge >= 0.3 is 0 Å². The highest BCUT2D eigenvalue weighted by Gasteiger charge is 1.95. The highest BCUT2D eigenvalue weighted by Crippen LogP contribution is 2.08. The van der Waals surface area contributed by atoms with Gasteiger partial charge in [-0.05, 0) is 11.5 Å². The van der Waals surface area contributed by atoms with Crippen LogP contribution < -0.4 is 4.74 Å². The lowest BCUT2D eigenvalue weighted by molar-refractivity contribution is 0.305. The Bertz CT molecular complexity index is 299. The molecule has 0 saturated carbocycles. The van der Waals surface area contributed by atoms with Crippen molar-refractivity contribution in [1.82, 2.24) is 4.98 Å². The van der Waals surface area contributed by atoms with E-state index >= 15 is 0 Å². The summed E-state index contributed by atoms with van der Waals surface area (Å²) in [4.78, 5) is 3.95. The molecule has 0 aliphatic heterocycles. The standard InChI is InChI=1S/C8H10N2O2.C5H12/c11-10-6-3-7-12-8-4-1-2-5-9-8;1-5(2,3)4/h1-2,4-6,11H,3,7H2;1-4H3/b10-6-;. The first-order chi connectivity index (χ1) is 7.93. The summed E-state index contributed by atoms with van der Waals surface area (Å²) in [6, 6.07) is 5.45. The Balaban J connectivity index is 0.000000437. The van der Waals surface area contributed by atoms with Gasteiger partial charge in [-0.3, -0.25) is 0 Å². The second kappa shape index (κ2) is 8.56. The fourth-order valence-corrected chi connectivity index (χ4v) is 0.706. The highest BCUT2D eigenvalue weighted by molar-refractivity contribution is 5.56. The van der Waals surface area contributed by atoms with Crippen LogP contribution in [0.2, 0.25) is 0 Å². The first-order valence-corrected chi connectivity index (χ1v) is 5.63. The first kappa shape index (κ1) is 15.4. The summed E-state index contributed by atoms with van der Waals surface area (Å²) in [6.45, 7) is 9.22. The molecule has 0 bridgehead atoms. The fourth-order valence-electron chi connectivity index (χ4n) is 0.706. The quantitative estimate of drug-likeness (QED) is 0.379. The molecule has 0 aliphatic carbocycles. The minimum absolute atomic E-state index is 0.473. The average Bonchev–Trinajstić information content (AvgIpc) is 2.24. The zero-order valence-electron chi connectivity index (χ0n) is 11.1. The van der Waals surface area contributed by atoms with Crippen molar-refractivity contribution in [2.45, 2.75) is 34.1 Å². The summed E-state index contributed by atoms with van der Waals surface area (Å²) >= 11 is 0. The lowest BCUT2D eigenvalue weighted by Gasteiger charge is -2.05. The summed E-state index contributed by atoms with van der Waals surface area (Å²) in [5, 5.41) is 10.9. The van der Waals surface area contributed by atoms with Crippen LogP contribution in [0.3, 0.4) is 0 Å². The van der Waals surface area contributed by atoms with Gasteiger partial charge in [0.25, 0.3) is 0 Å². The van der Waals surface area contributed by atoms with E-state index < -0.39 is 0 Å². The third-order valence-electron chi connectivity index (χ3n) is 1.22. The maximum atomic E-state index is 8.06. The summed E-state index contributed by atoms with van der Waals surface area (Å²) in [6.07, 6.45) is 3.62. The Kier molecular flexibility index (Phi) is 7.76. The van der Waals surface area contributed by atoms with Gasteiger partial charge in [0.2, 0.25) is 5.88 Å². The molecule has 0 aromatic carbocycles. The molecule has 1 heterocycles. The van der Waals surface area contributed by atoms with E-state index in [1.807, 2.05) is 12.1 Å². The average molecular weight is 238 g/mol. The van der Waals surface area contributed by atoms with Crippen LogP contribution >= 0.6 is 0 Å². The number of pyridine rings is 1. The number of rotatable bonds is 4. The van der Waals surface area contributed by atoms with Crippen LogP contribution in [-0.2, 0) is 0 Å². The molecular formula is C13H22N2O2. The zero-order chi connectivity index (χ0) is 13.1. The second-order valence-electron chi connectivity index (χ2n) is 5.10. The molecule has 0 aliphatic rings. The maximum absolute atomic E-state index is 8.06. The highest BCUT2D eigenvalue weighted by atomic mass is 16.5. The molecule has 1 N–H and O–H groups in total. The van der Waals surface area contributed by atoms with Crippen molar-refractivity contribution in [1.29, 1.82) is 0 Å². The minimum atomic E-state index is 0.473. The summed E-state index contributed by atoms with van der Waals surface area (Å²) in [7, 11) is 0. The molecule has 0 spiro atoms. The maximum Gasteiger partial charge on any atom is 0.213 e. The van der Waals surface area contributed by atoms with Crippen LogP contribution in [0, 0.1) is 5.41 Å². The van der Waals surface area contributed by atoms with Crippen molar-refractivity contribution in [3.8, 4) is 5.88 Å². The molecule has 1 aromatic heterocycles. The van der Waals surface area contributed by atoms with Gasteiger partial charge in [0.1, 0.15) is 0 Å². The van der Waals surface area contributed by atoms with E-state index in [0.717, 1.165) is 0 Å². The van der Waals surface area contributed by atoms with Gasteiger partial charge in [-0.2, -0.15) is 0 Å². The van der Waals surface area contributed by atoms with E-state index in [0.29, 0.717) is 24.3 Å². The van der Waals surface area contributed by atoms with Crippen LogP contribution in [-0.4, -0.2) is 23.0 Å². The van der Waals surface area contributed by atoms with Gasteiger partial charge in [-0.1, -0.05) is 33.8 Å². The smallest absolute Gasteiger partial charge is 0.213 e. The third-order valence-corrected chi connectivity index (χ3v) is 1.22. The van der Waals surface area contributed by atoms with Crippen molar-refractivity contribution >= 4 is 6.21 Å². The molecule has 1 aromatic rings. The van der Waals surface area contributed by atoms with E-state index in [2.05, 4.69) is 37.8 Å². The monoisotopic (exact) mass is 238 g/mol. The van der Waals surface area contributed by atoms with Crippen LogP contribution in [0.1, 0.15) is 34.1 Å². The summed E-state index contributed by atoms with van der Waals surface area (Å²) in [5.41, 5.74) is 0.500. The van der Waals surface area contributed by atoms with E-state index in [1.54, 1.807) is 12.3 Å². The summed E-state index contributed by atoms with van der Waals surface area (Å²) < 4.78 is 5.19. The molecule has 4 nitrogen and oxygen atoms in total. The zero-order valence-corrected chi connectivity index (χ0v) is 11.1. The van der Waals surface area contributed by atoms with Gasteiger partial charge in [-0.15, -0.1) is 5.16 Å². The van der Waals surface area contributed by atoms with Crippen LogP contribution in [0.15, 0.2) is 29.6 Å². The topological polar surface area (TPSA) is 54.7 Å². The fraction of sp³-hybridized carbons (Fsp3) is 0.538. The largest absolute Gasteiger partial charge is 0.477 e. The second-order valence-corrected chi connectivity index (χ2v) is 5.10. The van der Waals surface area contributed by atoms with E-state index in [-0.39, 0.29) is 0 Å². The number of hydrogen-bond acceptors (Lipinski definition) is 4. The predicted octanol–water partition coefficient (Wildman–Crippen LogP) is 3.36. The van der Waals surface area contributed by atoms with Gasteiger partial charge < -0.3 is 9.94 Å². The number of oxime groups is 1. The van der Waals surface area contributed by atoms with Gasteiger partial charge in [-0.25, -0.2) is 4.98 Å². The minimum Gasteiger partial charge on any atom is -0.477 e. The molecule has 0 amide bonds. The van der Waals surface area contributed by atoms with Crippen LogP contribution in [0.25, 0.3) is 0 Å². The van der Waals surface area contributed by atoms with Crippen molar-refractivity contribution < 1.29 is 9.94 Å². The van der Waals surface area contributed by atoms with Crippen molar-refractivity contribution in [2.75, 3.05) is 6.61 Å². The summed E-state index contributed by atoms with van der Waals surface area (Å²) in [5.74, 6) is 0.587. The molecule has 0 atom stereocenters. The number of aromatic nitrogens is 1. The molecule has 0 unspecified atom stereocenters. The lowest BCUT2D eigenvalue weighted by Crippen LogP contribution is -1.98. The van der Waals surface area contributed by atoms with Crippen molar-refractivity contribution in [2.24, 2.45) is 10.6 Å². The molecule has 0 fully saturated rings. The van der Waals surface area contributed by atoms with E-state index in [4.69, 9.17) is 9.94 Å². The SMILES string of the molecule is CC(C)(C)C.O/N=C\CCOc1ccccn1. The molecule has 17 heavy (non-hydrogen) atoms. The number of hydrogen-bond donors (Lipinski definition) is 1. The molecule has 96 valence electrons. The third kappa shape index (κ3) is 14.4. The Labute approximate surface area is 103 Å². The van der Waals surface area contributed by atoms with Gasteiger partial charge in [0.05, 0.1) is 6.61 Å². The van der Waals surface area contributed by atoms with Gasteiger partial charge in [0.15, 0.2) is 0 Å². The number of nitrogens with zero attached hydrogens (tertiary/aromatic N) is 2. The Morgan fingerprint density at radius 1 is 1.35 bits per heavy atom. The molecule has 0 radical (unpaired) electrons. The van der Waals surface area contributed by atoms with Crippen molar-refractivity contribution in [3.05, 3.63) is 24.4 Å². The number of ether oxygens (including phenoxy) is 1. The molecule has 1 rings (SSSR count). The lowest BCUT2D eigenvalue weighted by atomic mass is 10.0. The predicted molar refractivity (Wildman–Crippen MR) is 69.8 cm³/mol. The van der Waals surface area contributed by atoms with Gasteiger partial charge in [0, 0.05) is 24.9 Å². The Hall–Kier alpha value is -1.58. The Morgan fingerprint density at radius 3 is 2.47 bits per heavy atom. The molecule has 4 heteroatoms. The normalized spacial score (nSPS) is 10.8. The van der Waals surface area contributed by atoms with Crippen molar-refractivity contribution in [3.63, 3.8) is 0 Å². The van der Waals surface area contributed by atoms with Crippen LogP contribution in [0.5, 0.6) is 5.88 Å². The first-order valence-electron chi connectivity index (χ1n) is 5.63. The Morgan fingerprint density at radius 2 is 2.00 bits per heavy atom. The molecule has 0 saturated heterocycles. The molecular weight excluding hydrogens is 216 g/mol. The van der Waals surface area contributed by atoms with E-state index in [9.17, 15) is 0 Å². The van der Waals surface area contributed by atoms with E-state index in [1.165, 1.54) is 6.21 Å².